The van der Waals surface area contributed by atoms with Crippen LogP contribution in [0.2, 0.25) is 0 Å². The molecule has 0 saturated heterocycles. The molecule has 0 unspecified atom stereocenters. The summed E-state index contributed by atoms with van der Waals surface area (Å²) in [4.78, 5) is 7.15. The van der Waals surface area contributed by atoms with Gasteiger partial charge in [-0.3, -0.25) is 0 Å². The molecule has 0 aliphatic rings. The lowest BCUT2D eigenvalue weighted by Crippen LogP contribution is -2.02. The van der Waals surface area contributed by atoms with Crippen molar-refractivity contribution >= 4 is 5.82 Å². The van der Waals surface area contributed by atoms with Crippen LogP contribution in [0.15, 0.2) is 36.7 Å². The summed E-state index contributed by atoms with van der Waals surface area (Å²) >= 11 is 0. The Morgan fingerprint density at radius 1 is 1.12 bits per heavy atom. The molecule has 0 aliphatic heterocycles. The number of rotatable bonds is 3. The molecule has 5 heteroatoms. The monoisotopic (exact) mass is 221 g/mol. The van der Waals surface area contributed by atoms with Gasteiger partial charge in [0.15, 0.2) is 0 Å². The van der Waals surface area contributed by atoms with Gasteiger partial charge in [-0.05, 0) is 17.7 Å². The van der Waals surface area contributed by atoms with Crippen LogP contribution in [0.5, 0.6) is 0 Å². The van der Waals surface area contributed by atoms with Gasteiger partial charge in [-0.1, -0.05) is 12.1 Å². The fourth-order valence-electron chi connectivity index (χ4n) is 1.27. The van der Waals surface area contributed by atoms with Gasteiger partial charge in [-0.25, -0.2) is 14.4 Å². The smallest absolute Gasteiger partial charge is 0.217 e. The molecule has 2 rings (SSSR count). The summed E-state index contributed by atoms with van der Waals surface area (Å²) < 4.78 is 25.5. The van der Waals surface area contributed by atoms with Gasteiger partial charge < -0.3 is 5.32 Å². The number of anilines is 1. The molecule has 1 heterocycles. The lowest BCUT2D eigenvalue weighted by Gasteiger charge is -2.04. The van der Waals surface area contributed by atoms with Crippen LogP contribution < -0.4 is 5.32 Å². The number of benzene rings is 1. The molecule has 0 aliphatic carbocycles. The third-order valence-electron chi connectivity index (χ3n) is 2.00. The maximum Gasteiger partial charge on any atom is 0.217 e. The summed E-state index contributed by atoms with van der Waals surface area (Å²) in [5.74, 6) is -0.526. The van der Waals surface area contributed by atoms with Gasteiger partial charge in [-0.15, -0.1) is 0 Å². The number of aromatic nitrogens is 2. The number of nitrogens with zero attached hydrogens (tertiary/aromatic N) is 2. The third-order valence-corrected chi connectivity index (χ3v) is 2.00. The molecule has 0 atom stereocenters. The van der Waals surface area contributed by atoms with Crippen LogP contribution in [0.25, 0.3) is 0 Å². The molecule has 0 bridgehead atoms. The summed E-state index contributed by atoms with van der Waals surface area (Å²) in [6.45, 7) is 0.383. The second-order valence-corrected chi connectivity index (χ2v) is 3.21. The van der Waals surface area contributed by atoms with Crippen LogP contribution in [0.1, 0.15) is 5.56 Å². The maximum absolute atomic E-state index is 12.8. The zero-order valence-corrected chi connectivity index (χ0v) is 8.32. The van der Waals surface area contributed by atoms with Gasteiger partial charge in [-0.2, -0.15) is 4.39 Å². The predicted molar refractivity (Wildman–Crippen MR) is 55.7 cm³/mol. The highest BCUT2D eigenvalue weighted by atomic mass is 19.1. The molecule has 1 N–H and O–H groups in total. The van der Waals surface area contributed by atoms with E-state index in [0.29, 0.717) is 12.4 Å². The molecule has 1 aromatic heterocycles. The highest BCUT2D eigenvalue weighted by molar-refractivity contribution is 5.33. The lowest BCUT2D eigenvalue weighted by molar-refractivity contribution is 0.580. The quantitative estimate of drug-likeness (QED) is 0.808. The van der Waals surface area contributed by atoms with Crippen molar-refractivity contribution in [1.29, 1.82) is 0 Å². The van der Waals surface area contributed by atoms with Gasteiger partial charge >= 0.3 is 0 Å². The Hall–Kier alpha value is -2.04. The minimum Gasteiger partial charge on any atom is -0.366 e. The molecule has 0 radical (unpaired) electrons. The Balaban J connectivity index is 2.02. The summed E-state index contributed by atoms with van der Waals surface area (Å²) in [7, 11) is 0. The molecular weight excluding hydrogens is 212 g/mol. The van der Waals surface area contributed by atoms with Crippen molar-refractivity contribution in [3.63, 3.8) is 0 Å². The maximum atomic E-state index is 12.8. The van der Waals surface area contributed by atoms with Crippen molar-refractivity contribution in [3.05, 3.63) is 54.0 Å². The van der Waals surface area contributed by atoms with E-state index in [1.54, 1.807) is 12.1 Å². The summed E-state index contributed by atoms with van der Waals surface area (Å²) in [5, 5.41) is 2.87. The molecule has 82 valence electrons. The molecule has 16 heavy (non-hydrogen) atoms. The zero-order valence-electron chi connectivity index (χ0n) is 8.32. The standard InChI is InChI=1S/C11H9F2N3/c12-9-3-1-2-8(4-9)6-14-11-5-10(13)15-7-16-11/h1-5,7H,6H2,(H,14,15,16). The first kappa shape index (κ1) is 10.5. The van der Waals surface area contributed by atoms with Gasteiger partial charge in [0.1, 0.15) is 18.0 Å². The van der Waals surface area contributed by atoms with E-state index in [2.05, 4.69) is 15.3 Å². The number of nitrogens with one attached hydrogen (secondary N) is 1. The molecular formula is C11H9F2N3. The van der Waals surface area contributed by atoms with Crippen molar-refractivity contribution in [1.82, 2.24) is 9.97 Å². The molecule has 2 aromatic rings. The molecule has 3 nitrogen and oxygen atoms in total. The second kappa shape index (κ2) is 4.65. The topological polar surface area (TPSA) is 37.8 Å². The highest BCUT2D eigenvalue weighted by Gasteiger charge is 1.98. The molecule has 0 spiro atoms. The Kier molecular flexibility index (Phi) is 3.05. The minimum atomic E-state index is -0.600. The second-order valence-electron chi connectivity index (χ2n) is 3.21. The predicted octanol–water partition coefficient (Wildman–Crippen LogP) is 2.37. The van der Waals surface area contributed by atoms with Crippen LogP contribution in [0.4, 0.5) is 14.6 Å². The van der Waals surface area contributed by atoms with Crippen molar-refractivity contribution in [2.45, 2.75) is 6.54 Å². The zero-order chi connectivity index (χ0) is 11.4. The van der Waals surface area contributed by atoms with E-state index < -0.39 is 5.95 Å². The van der Waals surface area contributed by atoms with E-state index in [4.69, 9.17) is 0 Å². The first-order valence-electron chi connectivity index (χ1n) is 4.70. The normalized spacial score (nSPS) is 10.1. The number of hydrogen-bond donors (Lipinski definition) is 1. The fourth-order valence-corrected chi connectivity index (χ4v) is 1.27. The molecule has 1 aromatic carbocycles. The van der Waals surface area contributed by atoms with Crippen molar-refractivity contribution < 1.29 is 8.78 Å². The molecule has 0 amide bonds. The van der Waals surface area contributed by atoms with Gasteiger partial charge in [0.2, 0.25) is 5.95 Å². The molecule has 0 fully saturated rings. The number of hydrogen-bond acceptors (Lipinski definition) is 3. The van der Waals surface area contributed by atoms with Gasteiger partial charge in [0, 0.05) is 12.6 Å². The first-order chi connectivity index (χ1) is 7.74. The minimum absolute atomic E-state index is 0.298. The van der Waals surface area contributed by atoms with Gasteiger partial charge in [0.25, 0.3) is 0 Å². The Morgan fingerprint density at radius 2 is 2.00 bits per heavy atom. The Bertz CT molecular complexity index is 443. The van der Waals surface area contributed by atoms with Crippen LogP contribution in [0.3, 0.4) is 0 Å². The van der Waals surface area contributed by atoms with Crippen molar-refractivity contribution in [2.75, 3.05) is 5.32 Å². The SMILES string of the molecule is Fc1cccc(CNc2cc(F)ncn2)c1. The van der Waals surface area contributed by atoms with Crippen LogP contribution in [-0.4, -0.2) is 9.97 Å². The largest absolute Gasteiger partial charge is 0.366 e. The van der Waals surface area contributed by atoms with Crippen LogP contribution >= 0.6 is 0 Å². The average Bonchev–Trinajstić information content (AvgIpc) is 2.27. The molecule has 0 saturated carbocycles. The third kappa shape index (κ3) is 2.73. The van der Waals surface area contributed by atoms with E-state index in [1.807, 2.05) is 0 Å². The summed E-state index contributed by atoms with van der Waals surface area (Å²) in [6.07, 6.45) is 1.13. The van der Waals surface area contributed by atoms with E-state index in [-0.39, 0.29) is 5.82 Å². The summed E-state index contributed by atoms with van der Waals surface area (Å²) in [5.41, 5.74) is 0.763. The van der Waals surface area contributed by atoms with E-state index in [1.165, 1.54) is 18.2 Å². The first-order valence-corrected chi connectivity index (χ1v) is 4.70. The van der Waals surface area contributed by atoms with Gasteiger partial charge in [0.05, 0.1) is 0 Å². The highest BCUT2D eigenvalue weighted by Crippen LogP contribution is 2.07. The van der Waals surface area contributed by atoms with E-state index in [0.717, 1.165) is 11.9 Å². The number of halogens is 2. The summed E-state index contributed by atoms with van der Waals surface area (Å²) in [6, 6.07) is 7.35. The fraction of sp³-hybridized carbons (Fsp3) is 0.0909. The Labute approximate surface area is 91.2 Å². The Morgan fingerprint density at radius 3 is 2.75 bits per heavy atom. The van der Waals surface area contributed by atoms with Crippen LogP contribution in [-0.2, 0) is 6.54 Å². The van der Waals surface area contributed by atoms with Crippen molar-refractivity contribution in [2.24, 2.45) is 0 Å². The van der Waals surface area contributed by atoms with E-state index >= 15 is 0 Å². The van der Waals surface area contributed by atoms with Crippen LogP contribution in [0, 0.1) is 11.8 Å². The lowest BCUT2D eigenvalue weighted by atomic mass is 10.2. The average molecular weight is 221 g/mol. The van der Waals surface area contributed by atoms with Crippen molar-refractivity contribution in [3.8, 4) is 0 Å². The van der Waals surface area contributed by atoms with E-state index in [9.17, 15) is 8.78 Å².